The van der Waals surface area contributed by atoms with Crippen LogP contribution in [0.4, 0.5) is 0 Å². The van der Waals surface area contributed by atoms with Crippen LogP contribution in [0.25, 0.3) is 10.8 Å². The highest BCUT2D eigenvalue weighted by Crippen LogP contribution is 2.26. The third kappa shape index (κ3) is 3.70. The summed E-state index contributed by atoms with van der Waals surface area (Å²) < 4.78 is 22.6. The number of benzene rings is 3. The van der Waals surface area contributed by atoms with E-state index in [9.17, 15) is 13.5 Å². The van der Waals surface area contributed by atoms with Crippen molar-refractivity contribution in [1.82, 2.24) is 0 Å². The lowest BCUT2D eigenvalue weighted by Crippen LogP contribution is -2.12. The highest BCUT2D eigenvalue weighted by atomic mass is 32.2. The van der Waals surface area contributed by atoms with Crippen molar-refractivity contribution in [2.45, 2.75) is 17.9 Å². The molecule has 3 rings (SSSR count). The molecular weight excluding hydrogens is 336 g/mol. The van der Waals surface area contributed by atoms with Crippen molar-refractivity contribution in [2.75, 3.05) is 0 Å². The molecule has 3 N–H and O–H groups in total. The molecule has 0 aliphatic heterocycles. The van der Waals surface area contributed by atoms with Gasteiger partial charge in [-0.2, -0.15) is 0 Å². The van der Waals surface area contributed by atoms with E-state index in [4.69, 9.17) is 5.14 Å². The maximum absolute atomic E-state index is 11.3. The van der Waals surface area contributed by atoms with Crippen LogP contribution in [0.5, 0.6) is 5.75 Å². The lowest BCUT2D eigenvalue weighted by molar-refractivity contribution is 0.475. The van der Waals surface area contributed by atoms with E-state index in [-0.39, 0.29) is 16.7 Å². The molecule has 0 spiro atoms. The summed E-state index contributed by atoms with van der Waals surface area (Å²) in [4.78, 5) is 4.57. The maximum Gasteiger partial charge on any atom is 0.238 e. The van der Waals surface area contributed by atoms with E-state index in [0.717, 1.165) is 16.3 Å². The number of hydrogen-bond acceptors (Lipinski definition) is 4. The van der Waals surface area contributed by atoms with Gasteiger partial charge in [-0.25, -0.2) is 13.6 Å². The SMILES string of the molecule is C[C@H](N=Cc1c(O)ccc2ccccc12)c1ccc(S(N)(=O)=O)cc1. The summed E-state index contributed by atoms with van der Waals surface area (Å²) in [6.07, 6.45) is 1.65. The highest BCUT2D eigenvalue weighted by Gasteiger charge is 2.10. The molecule has 0 unspecified atom stereocenters. The smallest absolute Gasteiger partial charge is 0.238 e. The number of primary sulfonamides is 1. The number of sulfonamides is 1. The number of hydrogen-bond donors (Lipinski definition) is 2. The summed E-state index contributed by atoms with van der Waals surface area (Å²) in [7, 11) is -3.70. The van der Waals surface area contributed by atoms with Gasteiger partial charge in [-0.15, -0.1) is 0 Å². The van der Waals surface area contributed by atoms with Gasteiger partial charge in [0.15, 0.2) is 0 Å². The fourth-order valence-corrected chi connectivity index (χ4v) is 3.14. The van der Waals surface area contributed by atoms with Gasteiger partial charge < -0.3 is 5.11 Å². The van der Waals surface area contributed by atoms with Gasteiger partial charge in [0.1, 0.15) is 5.75 Å². The second-order valence-electron chi connectivity index (χ2n) is 5.79. The molecule has 0 heterocycles. The molecule has 0 bridgehead atoms. The molecule has 3 aromatic carbocycles. The number of aromatic hydroxyl groups is 1. The molecule has 3 aromatic rings. The van der Waals surface area contributed by atoms with Gasteiger partial charge in [-0.05, 0) is 41.5 Å². The van der Waals surface area contributed by atoms with Crippen molar-refractivity contribution >= 4 is 27.0 Å². The standard InChI is InChI=1S/C19H18N2O3S/c1-13(14-6-9-16(10-7-14)25(20,23)24)21-12-18-17-5-3-2-4-15(17)8-11-19(18)22/h2-13,22H,1H3,(H2,20,23,24)/t13-/m0/s1. The minimum absolute atomic E-state index is 0.0686. The topological polar surface area (TPSA) is 92.8 Å². The zero-order chi connectivity index (χ0) is 18.0. The molecule has 0 aromatic heterocycles. The molecular formula is C19H18N2O3S. The van der Waals surface area contributed by atoms with Crippen molar-refractivity contribution in [1.29, 1.82) is 0 Å². The molecule has 0 radical (unpaired) electrons. The summed E-state index contributed by atoms with van der Waals surface area (Å²) in [6, 6.07) is 17.4. The second-order valence-corrected chi connectivity index (χ2v) is 7.35. The average molecular weight is 354 g/mol. The average Bonchev–Trinajstić information content (AvgIpc) is 2.60. The van der Waals surface area contributed by atoms with E-state index < -0.39 is 10.0 Å². The zero-order valence-electron chi connectivity index (χ0n) is 13.6. The zero-order valence-corrected chi connectivity index (χ0v) is 14.4. The van der Waals surface area contributed by atoms with Crippen LogP contribution in [0.1, 0.15) is 24.1 Å². The number of aliphatic imine (C=N–C) groups is 1. The third-order valence-corrected chi connectivity index (χ3v) is 5.00. The molecule has 128 valence electrons. The van der Waals surface area contributed by atoms with Crippen LogP contribution in [-0.4, -0.2) is 19.7 Å². The quantitative estimate of drug-likeness (QED) is 0.704. The van der Waals surface area contributed by atoms with Crippen LogP contribution >= 0.6 is 0 Å². The second kappa shape index (κ2) is 6.66. The Bertz CT molecular complexity index is 1040. The first kappa shape index (κ1) is 17.1. The van der Waals surface area contributed by atoms with Crippen LogP contribution in [0, 0.1) is 0 Å². The molecule has 6 heteroatoms. The predicted octanol–water partition coefficient (Wildman–Crippen LogP) is 3.37. The summed E-state index contributed by atoms with van der Waals surface area (Å²) >= 11 is 0. The summed E-state index contributed by atoms with van der Waals surface area (Å²) in [5.74, 6) is 0.166. The highest BCUT2D eigenvalue weighted by molar-refractivity contribution is 7.89. The van der Waals surface area contributed by atoms with Crippen molar-refractivity contribution < 1.29 is 13.5 Å². The Balaban J connectivity index is 1.91. The van der Waals surface area contributed by atoms with E-state index in [1.807, 2.05) is 37.3 Å². The molecule has 0 aliphatic carbocycles. The lowest BCUT2D eigenvalue weighted by Gasteiger charge is -2.09. The van der Waals surface area contributed by atoms with Gasteiger partial charge >= 0.3 is 0 Å². The monoisotopic (exact) mass is 354 g/mol. The molecule has 0 fully saturated rings. The van der Waals surface area contributed by atoms with Crippen molar-refractivity contribution in [3.8, 4) is 5.75 Å². The van der Waals surface area contributed by atoms with Crippen LogP contribution in [0.3, 0.4) is 0 Å². The Morgan fingerprint density at radius 2 is 1.72 bits per heavy atom. The Kier molecular flexibility index (Phi) is 4.57. The molecule has 0 aliphatic rings. The first-order valence-corrected chi connectivity index (χ1v) is 9.27. The molecule has 0 amide bonds. The number of phenolic OH excluding ortho intramolecular Hbond substituents is 1. The fourth-order valence-electron chi connectivity index (χ4n) is 2.63. The summed E-state index contributed by atoms with van der Waals surface area (Å²) in [6.45, 7) is 1.89. The number of nitrogens with zero attached hydrogens (tertiary/aromatic N) is 1. The van der Waals surface area contributed by atoms with Gasteiger partial charge in [0, 0.05) is 11.8 Å². The van der Waals surface area contributed by atoms with E-state index in [2.05, 4.69) is 4.99 Å². The summed E-state index contributed by atoms with van der Waals surface area (Å²) in [5.41, 5.74) is 1.51. The Morgan fingerprint density at radius 3 is 2.40 bits per heavy atom. The first-order valence-electron chi connectivity index (χ1n) is 7.73. The van der Waals surface area contributed by atoms with E-state index in [1.165, 1.54) is 12.1 Å². The van der Waals surface area contributed by atoms with Gasteiger partial charge in [0.25, 0.3) is 0 Å². The van der Waals surface area contributed by atoms with Crippen LogP contribution < -0.4 is 5.14 Å². The Hall–Kier alpha value is -2.70. The van der Waals surface area contributed by atoms with Gasteiger partial charge in [-0.1, -0.05) is 42.5 Å². The Morgan fingerprint density at radius 1 is 1.04 bits per heavy atom. The van der Waals surface area contributed by atoms with E-state index >= 15 is 0 Å². The van der Waals surface area contributed by atoms with Crippen LogP contribution in [0.15, 0.2) is 70.6 Å². The minimum Gasteiger partial charge on any atom is -0.507 e. The predicted molar refractivity (Wildman–Crippen MR) is 99.4 cm³/mol. The normalized spacial score (nSPS) is 13.4. The number of rotatable bonds is 4. The number of fused-ring (bicyclic) bond motifs is 1. The number of phenols is 1. The first-order chi connectivity index (χ1) is 11.9. The molecule has 0 saturated heterocycles. The molecule has 5 nitrogen and oxygen atoms in total. The molecule has 1 atom stereocenters. The molecule has 0 saturated carbocycles. The van der Waals surface area contributed by atoms with Gasteiger partial charge in [0.05, 0.1) is 10.9 Å². The lowest BCUT2D eigenvalue weighted by atomic mass is 10.0. The van der Waals surface area contributed by atoms with Crippen molar-refractivity contribution in [2.24, 2.45) is 10.1 Å². The van der Waals surface area contributed by atoms with Crippen LogP contribution in [0.2, 0.25) is 0 Å². The summed E-state index contributed by atoms with van der Waals surface area (Å²) in [5, 5.41) is 17.2. The minimum atomic E-state index is -3.70. The van der Waals surface area contributed by atoms with Crippen LogP contribution in [-0.2, 0) is 10.0 Å². The van der Waals surface area contributed by atoms with Crippen molar-refractivity contribution in [3.63, 3.8) is 0 Å². The largest absolute Gasteiger partial charge is 0.507 e. The Labute approximate surface area is 146 Å². The number of nitrogens with two attached hydrogens (primary N) is 1. The molecule has 25 heavy (non-hydrogen) atoms. The fraction of sp³-hybridized carbons (Fsp3) is 0.105. The maximum atomic E-state index is 11.3. The van der Waals surface area contributed by atoms with E-state index in [0.29, 0.717) is 5.56 Å². The third-order valence-electron chi connectivity index (χ3n) is 4.07. The van der Waals surface area contributed by atoms with E-state index in [1.54, 1.807) is 24.4 Å². The van der Waals surface area contributed by atoms with Gasteiger partial charge in [0.2, 0.25) is 10.0 Å². The van der Waals surface area contributed by atoms with Gasteiger partial charge in [-0.3, -0.25) is 4.99 Å². The van der Waals surface area contributed by atoms with Crippen molar-refractivity contribution in [3.05, 3.63) is 71.8 Å².